The highest BCUT2D eigenvalue weighted by Gasteiger charge is 2.20. The van der Waals surface area contributed by atoms with E-state index in [9.17, 15) is 14.4 Å². The van der Waals surface area contributed by atoms with Gasteiger partial charge < -0.3 is 14.2 Å². The van der Waals surface area contributed by atoms with Crippen molar-refractivity contribution >= 4 is 17.9 Å². The molecule has 0 bridgehead atoms. The van der Waals surface area contributed by atoms with Crippen LogP contribution in [0.25, 0.3) is 0 Å². The molecule has 1 unspecified atom stereocenters. The van der Waals surface area contributed by atoms with Crippen molar-refractivity contribution in [2.24, 2.45) is 0 Å². The van der Waals surface area contributed by atoms with Gasteiger partial charge in [-0.3, -0.25) is 14.4 Å². The van der Waals surface area contributed by atoms with Crippen LogP contribution in [-0.4, -0.2) is 37.2 Å². The Morgan fingerprint density at radius 1 is 0.241 bits per heavy atom. The molecule has 0 saturated carbocycles. The molecule has 0 fully saturated rings. The summed E-state index contributed by atoms with van der Waals surface area (Å²) in [4.78, 5) is 38.6. The SMILES string of the molecule is CCCCC/C=C\C/C=C\C/C=C\CCCCCCCCC(=O)OCC(COC(=O)CCCCCCCCCCCCCCCCCCCCCCCCCC)OC(=O)CCCCCCCCCCCCCCCCCCCCCCCC. The number of carbonyl (C=O) groups is 3. The quantitative estimate of drug-likeness (QED) is 0.0261. The molecule has 0 aromatic carbocycles. The molecule has 1 atom stereocenters. The van der Waals surface area contributed by atoms with Crippen LogP contribution in [0.5, 0.6) is 0 Å². The first-order valence-corrected chi connectivity index (χ1v) is 37.5. The van der Waals surface area contributed by atoms with Gasteiger partial charge in [-0.2, -0.15) is 0 Å². The van der Waals surface area contributed by atoms with E-state index in [0.717, 1.165) is 77.0 Å². The summed E-state index contributed by atoms with van der Waals surface area (Å²) < 4.78 is 17.0. The van der Waals surface area contributed by atoms with E-state index in [0.29, 0.717) is 19.3 Å². The minimum absolute atomic E-state index is 0.0701. The van der Waals surface area contributed by atoms with Gasteiger partial charge in [0.05, 0.1) is 0 Å². The Kier molecular flexibility index (Phi) is 70.0. The molecule has 0 N–H and O–H groups in total. The van der Waals surface area contributed by atoms with Gasteiger partial charge in [-0.15, -0.1) is 0 Å². The monoisotopic (exact) mass is 1170 g/mol. The fourth-order valence-electron chi connectivity index (χ4n) is 11.5. The largest absolute Gasteiger partial charge is 0.462 e. The van der Waals surface area contributed by atoms with Crippen LogP contribution >= 0.6 is 0 Å². The summed E-state index contributed by atoms with van der Waals surface area (Å²) >= 11 is 0. The van der Waals surface area contributed by atoms with E-state index in [1.54, 1.807) is 0 Å². The van der Waals surface area contributed by atoms with Crippen LogP contribution < -0.4 is 0 Å². The molecular weight excluding hydrogens is 1020 g/mol. The van der Waals surface area contributed by atoms with Crippen LogP contribution in [0.1, 0.15) is 419 Å². The third kappa shape index (κ3) is 70.3. The summed E-state index contributed by atoms with van der Waals surface area (Å²) in [5, 5.41) is 0. The Balaban J connectivity index is 4.30. The highest BCUT2D eigenvalue weighted by molar-refractivity contribution is 5.71. The Morgan fingerprint density at radius 2 is 0.434 bits per heavy atom. The van der Waals surface area contributed by atoms with E-state index in [4.69, 9.17) is 14.2 Å². The van der Waals surface area contributed by atoms with Crippen molar-refractivity contribution in [1.29, 1.82) is 0 Å². The number of ether oxygens (including phenoxy) is 3. The molecule has 0 aliphatic rings. The molecule has 0 aliphatic carbocycles. The van der Waals surface area contributed by atoms with Gasteiger partial charge in [0.15, 0.2) is 6.10 Å². The predicted molar refractivity (Wildman–Crippen MR) is 362 cm³/mol. The zero-order chi connectivity index (χ0) is 59.9. The van der Waals surface area contributed by atoms with Crippen molar-refractivity contribution in [2.45, 2.75) is 425 Å². The van der Waals surface area contributed by atoms with Crippen LogP contribution in [0.3, 0.4) is 0 Å². The smallest absolute Gasteiger partial charge is 0.306 e. The van der Waals surface area contributed by atoms with Gasteiger partial charge in [-0.25, -0.2) is 0 Å². The molecule has 83 heavy (non-hydrogen) atoms. The lowest BCUT2D eigenvalue weighted by molar-refractivity contribution is -0.167. The van der Waals surface area contributed by atoms with E-state index in [1.807, 2.05) is 0 Å². The summed E-state index contributed by atoms with van der Waals surface area (Å²) in [6.07, 6.45) is 90.4. The fraction of sp³-hybridized carbons (Fsp3) is 0.883. The third-order valence-electron chi connectivity index (χ3n) is 17.1. The molecule has 6 nitrogen and oxygen atoms in total. The van der Waals surface area contributed by atoms with Crippen LogP contribution in [0.15, 0.2) is 36.5 Å². The summed E-state index contributed by atoms with van der Waals surface area (Å²) in [7, 11) is 0. The number of esters is 3. The second kappa shape index (κ2) is 72.1. The zero-order valence-corrected chi connectivity index (χ0v) is 56.2. The molecule has 6 heteroatoms. The molecule has 0 aromatic rings. The highest BCUT2D eigenvalue weighted by Crippen LogP contribution is 2.19. The Hall–Kier alpha value is -2.37. The van der Waals surface area contributed by atoms with E-state index >= 15 is 0 Å². The van der Waals surface area contributed by atoms with E-state index in [1.165, 1.54) is 302 Å². The number of rotatable bonds is 70. The standard InChI is InChI=1S/C77H144O6/c1-4-7-10-13-16-19-22-25-28-31-34-36-38-39-41-43-46-49-52-55-58-61-64-67-70-76(79)82-73-74(72-81-75(78)69-66-63-60-57-54-51-48-45-42-33-30-27-24-21-18-15-12-9-6-3)83-77(80)71-68-65-62-59-56-53-50-47-44-40-37-35-32-29-26-23-20-17-14-11-8-5-2/h18,21,27,30,42,45,74H,4-17,19-20,22-26,28-29,31-41,43-44,46-73H2,1-3H3/b21-18-,30-27-,45-42-. The van der Waals surface area contributed by atoms with Gasteiger partial charge in [0, 0.05) is 19.3 Å². The van der Waals surface area contributed by atoms with Crippen molar-refractivity contribution in [3.63, 3.8) is 0 Å². The third-order valence-corrected chi connectivity index (χ3v) is 17.1. The first-order chi connectivity index (χ1) is 41.0. The van der Waals surface area contributed by atoms with Crippen molar-refractivity contribution in [2.75, 3.05) is 13.2 Å². The van der Waals surface area contributed by atoms with Crippen molar-refractivity contribution in [3.8, 4) is 0 Å². The molecule has 0 amide bonds. The summed E-state index contributed by atoms with van der Waals surface area (Å²) in [6.45, 7) is 6.70. The van der Waals surface area contributed by atoms with Crippen LogP contribution in [0.4, 0.5) is 0 Å². The Bertz CT molecular complexity index is 1380. The van der Waals surface area contributed by atoms with Crippen LogP contribution in [-0.2, 0) is 28.6 Å². The van der Waals surface area contributed by atoms with Gasteiger partial charge in [0.1, 0.15) is 13.2 Å². The lowest BCUT2D eigenvalue weighted by Gasteiger charge is -2.18. The van der Waals surface area contributed by atoms with E-state index in [2.05, 4.69) is 57.2 Å². The maximum Gasteiger partial charge on any atom is 0.306 e. The summed E-state index contributed by atoms with van der Waals surface area (Å²) in [5.41, 5.74) is 0. The zero-order valence-electron chi connectivity index (χ0n) is 56.2. The van der Waals surface area contributed by atoms with E-state index < -0.39 is 6.10 Å². The van der Waals surface area contributed by atoms with Gasteiger partial charge in [0.2, 0.25) is 0 Å². The van der Waals surface area contributed by atoms with Crippen molar-refractivity contribution < 1.29 is 28.6 Å². The summed E-state index contributed by atoms with van der Waals surface area (Å²) in [5.74, 6) is -0.848. The molecule has 488 valence electrons. The number of allylic oxidation sites excluding steroid dienone is 6. The normalized spacial score (nSPS) is 12.2. The van der Waals surface area contributed by atoms with Gasteiger partial charge in [-0.05, 0) is 57.8 Å². The molecule has 0 radical (unpaired) electrons. The predicted octanol–water partition coefficient (Wildman–Crippen LogP) is 25.9. The number of unbranched alkanes of at least 4 members (excludes halogenated alkanes) is 53. The van der Waals surface area contributed by atoms with Crippen LogP contribution in [0, 0.1) is 0 Å². The Labute approximate surface area is 518 Å². The fourth-order valence-corrected chi connectivity index (χ4v) is 11.5. The number of carbonyl (C=O) groups excluding carboxylic acids is 3. The first-order valence-electron chi connectivity index (χ1n) is 37.5. The Morgan fingerprint density at radius 3 is 0.699 bits per heavy atom. The minimum Gasteiger partial charge on any atom is -0.462 e. The lowest BCUT2D eigenvalue weighted by atomic mass is 10.0. The highest BCUT2D eigenvalue weighted by atomic mass is 16.6. The van der Waals surface area contributed by atoms with Gasteiger partial charge in [0.25, 0.3) is 0 Å². The number of hydrogen-bond acceptors (Lipinski definition) is 6. The van der Waals surface area contributed by atoms with Crippen LogP contribution in [0.2, 0.25) is 0 Å². The molecule has 0 heterocycles. The average Bonchev–Trinajstić information content (AvgIpc) is 3.49. The molecule has 0 aromatic heterocycles. The number of hydrogen-bond donors (Lipinski definition) is 0. The molecule has 0 saturated heterocycles. The maximum absolute atomic E-state index is 13.0. The average molecular weight is 1170 g/mol. The van der Waals surface area contributed by atoms with E-state index in [-0.39, 0.29) is 31.1 Å². The molecular formula is C77H144O6. The van der Waals surface area contributed by atoms with Gasteiger partial charge >= 0.3 is 17.9 Å². The second-order valence-corrected chi connectivity index (χ2v) is 25.6. The first kappa shape index (κ1) is 80.6. The molecule has 0 aliphatic heterocycles. The molecule has 0 spiro atoms. The van der Waals surface area contributed by atoms with Crippen molar-refractivity contribution in [1.82, 2.24) is 0 Å². The summed E-state index contributed by atoms with van der Waals surface area (Å²) in [6, 6.07) is 0. The van der Waals surface area contributed by atoms with Crippen molar-refractivity contribution in [3.05, 3.63) is 36.5 Å². The topological polar surface area (TPSA) is 78.9 Å². The lowest BCUT2D eigenvalue weighted by Crippen LogP contribution is -2.30. The molecule has 0 rings (SSSR count). The second-order valence-electron chi connectivity index (χ2n) is 25.6. The van der Waals surface area contributed by atoms with Gasteiger partial charge in [-0.1, -0.05) is 378 Å². The maximum atomic E-state index is 13.0. The minimum atomic E-state index is -0.776.